The molecule has 2 aromatic rings. The van der Waals surface area contributed by atoms with Crippen molar-refractivity contribution in [3.8, 4) is 0 Å². The van der Waals surface area contributed by atoms with Crippen LogP contribution in [0.2, 0.25) is 0 Å². The van der Waals surface area contributed by atoms with Crippen LogP contribution in [0.25, 0.3) is 11.0 Å². The van der Waals surface area contributed by atoms with Gasteiger partial charge in [0.15, 0.2) is 0 Å². The van der Waals surface area contributed by atoms with E-state index in [2.05, 4.69) is 33.0 Å². The standard InChI is InChI=1S/C20H25N5O2/c1-2-17(26)25-10-12-7-15(16(25)8-12)24-20-18-14(13-3-5-27-6-4-13)9-21-19(18)22-11-23-20/h2,9,11-13,15-16H,1,3-8,10H2,(H2,21,22,23,24)/t12-,15-,16-/m1/s1. The number of nitrogens with zero attached hydrogens (tertiary/aromatic N) is 3. The molecule has 2 saturated heterocycles. The zero-order valence-corrected chi connectivity index (χ0v) is 15.4. The SMILES string of the molecule is C=CC(=O)N1C[C@H]2C[C@@H]1[C@H](Nc1ncnc3[nH]cc(C4CCOCC4)c13)C2. The lowest BCUT2D eigenvalue weighted by Gasteiger charge is -2.33. The van der Waals surface area contributed by atoms with Crippen molar-refractivity contribution in [1.82, 2.24) is 19.9 Å². The van der Waals surface area contributed by atoms with Crippen molar-refractivity contribution in [2.45, 2.75) is 43.7 Å². The molecule has 3 aliphatic rings. The minimum atomic E-state index is 0.0337. The number of aromatic amines is 1. The van der Waals surface area contributed by atoms with Crippen molar-refractivity contribution in [1.29, 1.82) is 0 Å². The van der Waals surface area contributed by atoms with E-state index in [0.29, 0.717) is 11.8 Å². The molecule has 27 heavy (non-hydrogen) atoms. The number of nitrogens with one attached hydrogen (secondary N) is 2. The van der Waals surface area contributed by atoms with Crippen LogP contribution in [-0.2, 0) is 9.53 Å². The molecule has 0 radical (unpaired) electrons. The molecule has 5 rings (SSSR count). The molecule has 4 heterocycles. The van der Waals surface area contributed by atoms with Crippen LogP contribution in [0.5, 0.6) is 0 Å². The van der Waals surface area contributed by atoms with E-state index in [9.17, 15) is 4.79 Å². The lowest BCUT2D eigenvalue weighted by atomic mass is 9.92. The number of hydrogen-bond acceptors (Lipinski definition) is 5. The number of H-pyrrole nitrogens is 1. The van der Waals surface area contributed by atoms with Crippen LogP contribution in [-0.4, -0.2) is 57.6 Å². The minimum Gasteiger partial charge on any atom is -0.381 e. The molecule has 2 aliphatic heterocycles. The van der Waals surface area contributed by atoms with Gasteiger partial charge in [0, 0.05) is 32.0 Å². The first-order valence-electron chi connectivity index (χ1n) is 9.84. The van der Waals surface area contributed by atoms with E-state index < -0.39 is 0 Å². The summed E-state index contributed by atoms with van der Waals surface area (Å²) in [6, 6.07) is 0.444. The zero-order valence-electron chi connectivity index (χ0n) is 15.4. The molecule has 142 valence electrons. The Bertz CT molecular complexity index is 872. The van der Waals surface area contributed by atoms with Gasteiger partial charge in [0.2, 0.25) is 5.91 Å². The van der Waals surface area contributed by atoms with Gasteiger partial charge < -0.3 is 19.9 Å². The van der Waals surface area contributed by atoms with Crippen molar-refractivity contribution >= 4 is 22.8 Å². The monoisotopic (exact) mass is 367 g/mol. The van der Waals surface area contributed by atoms with Crippen molar-refractivity contribution in [2.75, 3.05) is 25.1 Å². The summed E-state index contributed by atoms with van der Waals surface area (Å²) in [6.45, 7) is 6.11. The predicted octanol–water partition coefficient (Wildman–Crippen LogP) is 2.44. The molecule has 1 aliphatic carbocycles. The quantitative estimate of drug-likeness (QED) is 0.811. The van der Waals surface area contributed by atoms with Gasteiger partial charge in [0.1, 0.15) is 17.8 Å². The second-order valence-corrected chi connectivity index (χ2v) is 7.93. The van der Waals surface area contributed by atoms with Gasteiger partial charge >= 0.3 is 0 Å². The lowest BCUT2D eigenvalue weighted by molar-refractivity contribution is -0.127. The van der Waals surface area contributed by atoms with Crippen LogP contribution in [0, 0.1) is 5.92 Å². The molecular weight excluding hydrogens is 342 g/mol. The average Bonchev–Trinajstić information content (AvgIpc) is 3.42. The highest BCUT2D eigenvalue weighted by Crippen LogP contribution is 2.41. The summed E-state index contributed by atoms with van der Waals surface area (Å²) in [4.78, 5) is 26.4. The van der Waals surface area contributed by atoms with Crippen molar-refractivity contribution in [3.05, 3.63) is 30.7 Å². The van der Waals surface area contributed by atoms with E-state index in [0.717, 1.165) is 62.3 Å². The van der Waals surface area contributed by atoms with Gasteiger partial charge in [-0.25, -0.2) is 9.97 Å². The van der Waals surface area contributed by atoms with Gasteiger partial charge in [-0.15, -0.1) is 0 Å². The molecule has 1 amide bonds. The molecule has 0 aromatic carbocycles. The number of likely N-dealkylation sites (tertiary alicyclic amines) is 1. The summed E-state index contributed by atoms with van der Waals surface area (Å²) >= 11 is 0. The number of piperidine rings is 1. The molecule has 2 aromatic heterocycles. The molecule has 7 nitrogen and oxygen atoms in total. The number of fused-ring (bicyclic) bond motifs is 3. The summed E-state index contributed by atoms with van der Waals surface area (Å²) < 4.78 is 5.52. The normalized spacial score (nSPS) is 28.0. The summed E-state index contributed by atoms with van der Waals surface area (Å²) in [7, 11) is 0. The topological polar surface area (TPSA) is 83.1 Å². The highest BCUT2D eigenvalue weighted by atomic mass is 16.5. The molecule has 0 unspecified atom stereocenters. The number of ether oxygens (including phenoxy) is 1. The van der Waals surface area contributed by atoms with Gasteiger partial charge in [0.25, 0.3) is 0 Å². The predicted molar refractivity (Wildman–Crippen MR) is 103 cm³/mol. The van der Waals surface area contributed by atoms with Crippen LogP contribution in [0.15, 0.2) is 25.2 Å². The fourth-order valence-corrected chi connectivity index (χ4v) is 5.15. The Labute approximate surface area is 158 Å². The Morgan fingerprint density at radius 2 is 2.19 bits per heavy atom. The first-order chi connectivity index (χ1) is 13.2. The Morgan fingerprint density at radius 1 is 1.33 bits per heavy atom. The smallest absolute Gasteiger partial charge is 0.246 e. The van der Waals surface area contributed by atoms with Gasteiger partial charge in [-0.2, -0.15) is 0 Å². The third kappa shape index (κ3) is 2.81. The fourth-order valence-electron chi connectivity index (χ4n) is 5.15. The number of carbonyl (C=O) groups is 1. The van der Waals surface area contributed by atoms with Crippen molar-refractivity contribution in [2.24, 2.45) is 5.92 Å². The van der Waals surface area contributed by atoms with E-state index in [-0.39, 0.29) is 18.0 Å². The highest BCUT2D eigenvalue weighted by Gasteiger charge is 2.46. The number of anilines is 1. The first kappa shape index (κ1) is 16.7. The van der Waals surface area contributed by atoms with Gasteiger partial charge in [-0.3, -0.25) is 4.79 Å². The van der Waals surface area contributed by atoms with E-state index >= 15 is 0 Å². The second-order valence-electron chi connectivity index (χ2n) is 7.93. The van der Waals surface area contributed by atoms with Crippen LogP contribution < -0.4 is 5.32 Å². The number of aromatic nitrogens is 3. The number of amides is 1. The van der Waals surface area contributed by atoms with E-state index in [1.165, 1.54) is 11.6 Å². The van der Waals surface area contributed by atoms with E-state index in [1.54, 1.807) is 6.33 Å². The fraction of sp³-hybridized carbons (Fsp3) is 0.550. The maximum atomic E-state index is 12.2. The molecule has 3 fully saturated rings. The molecule has 2 N–H and O–H groups in total. The Hall–Kier alpha value is -2.41. The molecular formula is C20H25N5O2. The van der Waals surface area contributed by atoms with Crippen LogP contribution in [0.3, 0.4) is 0 Å². The Balaban J connectivity index is 1.44. The Kier molecular flexibility index (Phi) is 4.11. The Morgan fingerprint density at radius 3 is 2.96 bits per heavy atom. The average molecular weight is 367 g/mol. The molecule has 3 atom stereocenters. The maximum absolute atomic E-state index is 12.2. The largest absolute Gasteiger partial charge is 0.381 e. The number of carbonyl (C=O) groups excluding carboxylic acids is 1. The van der Waals surface area contributed by atoms with E-state index in [1.807, 2.05) is 4.90 Å². The third-order valence-electron chi connectivity index (χ3n) is 6.42. The van der Waals surface area contributed by atoms with Gasteiger partial charge in [-0.05, 0) is 49.2 Å². The summed E-state index contributed by atoms with van der Waals surface area (Å²) in [6.07, 6.45) is 9.30. The molecule has 2 bridgehead atoms. The molecule has 0 spiro atoms. The summed E-state index contributed by atoms with van der Waals surface area (Å²) in [5, 5.41) is 4.75. The second kappa shape index (κ2) is 6.64. The van der Waals surface area contributed by atoms with Crippen molar-refractivity contribution in [3.63, 3.8) is 0 Å². The number of rotatable bonds is 4. The lowest BCUT2D eigenvalue weighted by Crippen LogP contribution is -2.47. The maximum Gasteiger partial charge on any atom is 0.246 e. The van der Waals surface area contributed by atoms with Crippen LogP contribution in [0.1, 0.15) is 37.2 Å². The summed E-state index contributed by atoms with van der Waals surface area (Å²) in [5.41, 5.74) is 2.15. The van der Waals surface area contributed by atoms with Crippen LogP contribution >= 0.6 is 0 Å². The number of hydrogen-bond donors (Lipinski definition) is 2. The minimum absolute atomic E-state index is 0.0337. The zero-order chi connectivity index (χ0) is 18.4. The summed E-state index contributed by atoms with van der Waals surface area (Å²) in [5.74, 6) is 1.95. The first-order valence-corrected chi connectivity index (χ1v) is 9.84. The molecule has 7 heteroatoms. The van der Waals surface area contributed by atoms with Crippen molar-refractivity contribution < 1.29 is 9.53 Å². The van der Waals surface area contributed by atoms with Gasteiger partial charge in [-0.1, -0.05) is 6.58 Å². The van der Waals surface area contributed by atoms with Crippen LogP contribution in [0.4, 0.5) is 5.82 Å². The third-order valence-corrected chi connectivity index (χ3v) is 6.42. The van der Waals surface area contributed by atoms with E-state index in [4.69, 9.17) is 4.74 Å². The highest BCUT2D eigenvalue weighted by molar-refractivity contribution is 5.91. The molecule has 1 saturated carbocycles. The van der Waals surface area contributed by atoms with Gasteiger partial charge in [0.05, 0.1) is 11.4 Å².